The van der Waals surface area contributed by atoms with Gasteiger partial charge in [0.1, 0.15) is 11.5 Å². The van der Waals surface area contributed by atoms with Gasteiger partial charge in [-0.05, 0) is 17.7 Å². The van der Waals surface area contributed by atoms with Crippen LogP contribution in [-0.2, 0) is 4.74 Å². The highest BCUT2D eigenvalue weighted by atomic mass is 19.1. The summed E-state index contributed by atoms with van der Waals surface area (Å²) >= 11 is 0. The van der Waals surface area contributed by atoms with Gasteiger partial charge in [0, 0.05) is 30.2 Å². The van der Waals surface area contributed by atoms with Crippen LogP contribution in [0.3, 0.4) is 0 Å². The molecule has 0 bridgehead atoms. The normalized spacial score (nSPS) is 23.5. The molecule has 0 spiro atoms. The molecule has 6 nitrogen and oxygen atoms in total. The number of phenols is 1. The molecule has 4 rings (SSSR count). The molecule has 27 heavy (non-hydrogen) atoms. The van der Waals surface area contributed by atoms with E-state index in [2.05, 4.69) is 0 Å². The van der Waals surface area contributed by atoms with Crippen molar-refractivity contribution < 1.29 is 33.7 Å². The first-order chi connectivity index (χ1) is 12.9. The number of hydrogen-bond donors (Lipinski definition) is 2. The SMILES string of the molecule is COc1cccc2c1C(=O)c1c(cc3c(c1O)[C@H](OC)C[C@@H](O)[C@@H]3F)C2=O. The number of hydrogen-bond acceptors (Lipinski definition) is 6. The molecule has 0 heterocycles. The maximum Gasteiger partial charge on any atom is 0.201 e. The van der Waals surface area contributed by atoms with Crippen LogP contribution in [0.1, 0.15) is 61.7 Å². The lowest BCUT2D eigenvalue weighted by atomic mass is 9.76. The summed E-state index contributed by atoms with van der Waals surface area (Å²) in [7, 11) is 2.75. The minimum Gasteiger partial charge on any atom is -0.507 e. The number of aliphatic hydroxyl groups is 1. The Morgan fingerprint density at radius 1 is 1.11 bits per heavy atom. The molecule has 3 atom stereocenters. The van der Waals surface area contributed by atoms with Gasteiger partial charge in [0.05, 0.1) is 30.4 Å². The van der Waals surface area contributed by atoms with Crippen molar-refractivity contribution in [3.05, 3.63) is 57.6 Å². The van der Waals surface area contributed by atoms with E-state index in [-0.39, 0.29) is 45.6 Å². The van der Waals surface area contributed by atoms with Crippen molar-refractivity contribution >= 4 is 11.6 Å². The minimum atomic E-state index is -1.79. The largest absolute Gasteiger partial charge is 0.507 e. The van der Waals surface area contributed by atoms with Crippen molar-refractivity contribution in [3.8, 4) is 11.5 Å². The van der Waals surface area contributed by atoms with Crippen molar-refractivity contribution in [2.45, 2.75) is 24.8 Å². The molecule has 2 aliphatic carbocycles. The molecule has 2 N–H and O–H groups in total. The van der Waals surface area contributed by atoms with Crippen LogP contribution in [0.15, 0.2) is 24.3 Å². The summed E-state index contributed by atoms with van der Waals surface area (Å²) in [6.45, 7) is 0. The Labute approximate surface area is 154 Å². The smallest absolute Gasteiger partial charge is 0.201 e. The van der Waals surface area contributed by atoms with Crippen LogP contribution in [0.2, 0.25) is 0 Å². The van der Waals surface area contributed by atoms with Crippen LogP contribution in [0.5, 0.6) is 11.5 Å². The first-order valence-corrected chi connectivity index (χ1v) is 8.41. The number of ketones is 2. The van der Waals surface area contributed by atoms with E-state index < -0.39 is 35.7 Å². The van der Waals surface area contributed by atoms with Gasteiger partial charge in [-0.25, -0.2) is 4.39 Å². The molecule has 2 aromatic carbocycles. The second kappa shape index (κ2) is 6.14. The molecule has 0 unspecified atom stereocenters. The zero-order valence-electron chi connectivity index (χ0n) is 14.7. The molecule has 0 amide bonds. The van der Waals surface area contributed by atoms with E-state index in [1.54, 1.807) is 12.1 Å². The molecule has 0 saturated carbocycles. The minimum absolute atomic E-state index is 0.0376. The second-order valence-corrected chi connectivity index (χ2v) is 6.62. The van der Waals surface area contributed by atoms with E-state index in [9.17, 15) is 24.2 Å². The average molecular weight is 372 g/mol. The zero-order chi connectivity index (χ0) is 19.5. The maximum atomic E-state index is 14.6. The van der Waals surface area contributed by atoms with E-state index >= 15 is 0 Å². The van der Waals surface area contributed by atoms with Gasteiger partial charge in [0.2, 0.25) is 5.78 Å². The quantitative estimate of drug-likeness (QED) is 0.718. The van der Waals surface area contributed by atoms with Gasteiger partial charge in [-0.15, -0.1) is 0 Å². The number of fused-ring (bicyclic) bond motifs is 3. The zero-order valence-corrected chi connectivity index (χ0v) is 14.7. The van der Waals surface area contributed by atoms with E-state index in [0.717, 1.165) is 0 Å². The second-order valence-electron chi connectivity index (χ2n) is 6.62. The van der Waals surface area contributed by atoms with Crippen molar-refractivity contribution in [2.24, 2.45) is 0 Å². The van der Waals surface area contributed by atoms with Gasteiger partial charge in [-0.2, -0.15) is 0 Å². The summed E-state index contributed by atoms with van der Waals surface area (Å²) in [6.07, 6.45) is -3.99. The van der Waals surface area contributed by atoms with Gasteiger partial charge < -0.3 is 19.7 Å². The lowest BCUT2D eigenvalue weighted by Gasteiger charge is -2.33. The molecule has 2 aromatic rings. The first kappa shape index (κ1) is 17.6. The van der Waals surface area contributed by atoms with Crippen molar-refractivity contribution in [3.63, 3.8) is 0 Å². The molecule has 0 fully saturated rings. The highest BCUT2D eigenvalue weighted by Gasteiger charge is 2.42. The molecule has 2 aliphatic rings. The third-order valence-electron chi connectivity index (χ3n) is 5.26. The number of aliphatic hydroxyl groups excluding tert-OH is 1. The van der Waals surface area contributed by atoms with E-state index in [1.807, 2.05) is 0 Å². The van der Waals surface area contributed by atoms with Gasteiger partial charge >= 0.3 is 0 Å². The number of phenolic OH excluding ortho intramolecular Hbond substituents is 1. The summed E-state index contributed by atoms with van der Waals surface area (Å²) in [5.41, 5.74) is -0.0430. The molecule has 140 valence electrons. The van der Waals surface area contributed by atoms with Crippen LogP contribution >= 0.6 is 0 Å². The van der Waals surface area contributed by atoms with Gasteiger partial charge in [-0.1, -0.05) is 12.1 Å². The summed E-state index contributed by atoms with van der Waals surface area (Å²) in [4.78, 5) is 26.1. The Balaban J connectivity index is 2.02. The summed E-state index contributed by atoms with van der Waals surface area (Å²) in [5, 5.41) is 20.8. The monoisotopic (exact) mass is 372 g/mol. The van der Waals surface area contributed by atoms with Crippen molar-refractivity contribution in [2.75, 3.05) is 14.2 Å². The fourth-order valence-corrected chi connectivity index (χ4v) is 3.95. The van der Waals surface area contributed by atoms with Crippen molar-refractivity contribution in [1.82, 2.24) is 0 Å². The molecule has 0 aliphatic heterocycles. The third-order valence-corrected chi connectivity index (χ3v) is 5.26. The standard InChI is InChI=1S/C20H17FO6/c1-26-12-5-3-4-8-14(12)19(24)16-10(18(8)23)6-9-15(20(16)25)13(27-2)7-11(22)17(9)21/h3-6,11,13,17,22,25H,7H2,1-2H3/t11-,13-,17-/m1/s1. The van der Waals surface area contributed by atoms with E-state index in [0.29, 0.717) is 0 Å². The molecule has 7 heteroatoms. The number of alkyl halides is 1. The van der Waals surface area contributed by atoms with Gasteiger partial charge in [0.25, 0.3) is 0 Å². The number of aromatic hydroxyl groups is 1. The fraction of sp³-hybridized carbons (Fsp3) is 0.300. The lowest BCUT2D eigenvalue weighted by molar-refractivity contribution is -0.00973. The Morgan fingerprint density at radius 2 is 1.85 bits per heavy atom. The molecular formula is C20H17FO6. The number of carbonyl (C=O) groups is 2. The molecular weight excluding hydrogens is 355 g/mol. The lowest BCUT2D eigenvalue weighted by Crippen LogP contribution is -2.29. The van der Waals surface area contributed by atoms with E-state index in [1.165, 1.54) is 26.4 Å². The van der Waals surface area contributed by atoms with Crippen LogP contribution in [-0.4, -0.2) is 42.1 Å². The molecule has 0 radical (unpaired) electrons. The summed E-state index contributed by atoms with van der Waals surface area (Å²) < 4.78 is 25.1. The number of methoxy groups -OCH3 is 2. The average Bonchev–Trinajstić information content (AvgIpc) is 2.67. The van der Waals surface area contributed by atoms with Gasteiger partial charge in [0.15, 0.2) is 12.0 Å². The van der Waals surface area contributed by atoms with Crippen LogP contribution in [0.4, 0.5) is 4.39 Å². The summed E-state index contributed by atoms with van der Waals surface area (Å²) in [6, 6.07) is 5.86. The molecule has 0 aromatic heterocycles. The third kappa shape index (κ3) is 2.32. The van der Waals surface area contributed by atoms with E-state index in [4.69, 9.17) is 9.47 Å². The van der Waals surface area contributed by atoms with Crippen LogP contribution in [0.25, 0.3) is 0 Å². The highest BCUT2D eigenvalue weighted by Crippen LogP contribution is 2.48. The Kier molecular flexibility index (Phi) is 4.01. The number of rotatable bonds is 2. The number of benzene rings is 2. The van der Waals surface area contributed by atoms with Crippen LogP contribution < -0.4 is 4.74 Å². The van der Waals surface area contributed by atoms with Gasteiger partial charge in [-0.3, -0.25) is 9.59 Å². The Morgan fingerprint density at radius 3 is 2.52 bits per heavy atom. The number of halogens is 1. The Hall–Kier alpha value is -2.77. The summed E-state index contributed by atoms with van der Waals surface area (Å²) in [5.74, 6) is -1.36. The number of ether oxygens (including phenoxy) is 2. The number of carbonyl (C=O) groups excluding carboxylic acids is 2. The highest BCUT2D eigenvalue weighted by molar-refractivity contribution is 6.30. The predicted molar refractivity (Wildman–Crippen MR) is 92.2 cm³/mol. The first-order valence-electron chi connectivity index (χ1n) is 8.41. The van der Waals surface area contributed by atoms with Crippen molar-refractivity contribution in [1.29, 1.82) is 0 Å². The molecule has 0 saturated heterocycles. The fourth-order valence-electron chi connectivity index (χ4n) is 3.95. The Bertz CT molecular complexity index is 983. The predicted octanol–water partition coefficient (Wildman–Crippen LogP) is 2.64. The van der Waals surface area contributed by atoms with Crippen LogP contribution in [0, 0.1) is 0 Å². The maximum absolute atomic E-state index is 14.6. The topological polar surface area (TPSA) is 93.1 Å².